The highest BCUT2D eigenvalue weighted by atomic mass is 16.2. The fourth-order valence-corrected chi connectivity index (χ4v) is 3.81. The Hall–Kier alpha value is -2.43. The maximum absolute atomic E-state index is 13.2. The van der Waals surface area contributed by atoms with Crippen molar-refractivity contribution in [3.8, 4) is 0 Å². The first-order chi connectivity index (χ1) is 13.1. The summed E-state index contributed by atoms with van der Waals surface area (Å²) in [4.78, 5) is 27.2. The lowest BCUT2D eigenvalue weighted by molar-refractivity contribution is 0.0652. The van der Waals surface area contributed by atoms with Crippen LogP contribution in [0.3, 0.4) is 0 Å². The van der Waals surface area contributed by atoms with Crippen molar-refractivity contribution in [1.82, 2.24) is 14.7 Å². The van der Waals surface area contributed by atoms with Gasteiger partial charge in [0.2, 0.25) is 0 Å². The number of hydrogen-bond donors (Lipinski definition) is 0. The second-order valence-electron chi connectivity index (χ2n) is 7.30. The minimum Gasteiger partial charge on any atom is -0.334 e. The van der Waals surface area contributed by atoms with E-state index in [9.17, 15) is 9.59 Å². The van der Waals surface area contributed by atoms with E-state index in [1.54, 1.807) is 6.07 Å². The van der Waals surface area contributed by atoms with Crippen LogP contribution in [0.2, 0.25) is 0 Å². The Morgan fingerprint density at radius 2 is 1.93 bits per heavy atom. The quantitative estimate of drug-likeness (QED) is 0.753. The van der Waals surface area contributed by atoms with Crippen LogP contribution in [0, 0.1) is 0 Å². The number of unbranched alkanes of at least 4 members (excludes halogenated alkanes) is 1. The normalized spacial score (nSPS) is 16.0. The van der Waals surface area contributed by atoms with Gasteiger partial charge in [0.05, 0.1) is 0 Å². The van der Waals surface area contributed by atoms with Crippen LogP contribution in [0.4, 0.5) is 0 Å². The maximum Gasteiger partial charge on any atom is 0.274 e. The summed E-state index contributed by atoms with van der Waals surface area (Å²) in [6.07, 6.45) is 5.62. The van der Waals surface area contributed by atoms with Gasteiger partial charge < -0.3 is 4.90 Å². The van der Waals surface area contributed by atoms with Gasteiger partial charge in [-0.1, -0.05) is 44.5 Å². The number of benzene rings is 1. The van der Waals surface area contributed by atoms with Gasteiger partial charge >= 0.3 is 0 Å². The van der Waals surface area contributed by atoms with Crippen molar-refractivity contribution < 1.29 is 4.79 Å². The van der Waals surface area contributed by atoms with Gasteiger partial charge in [-0.05, 0) is 49.3 Å². The van der Waals surface area contributed by atoms with Gasteiger partial charge in [0, 0.05) is 25.2 Å². The van der Waals surface area contributed by atoms with E-state index in [-0.39, 0.29) is 17.5 Å². The van der Waals surface area contributed by atoms with Crippen molar-refractivity contribution in [3.63, 3.8) is 0 Å². The predicted octanol–water partition coefficient (Wildman–Crippen LogP) is 3.45. The molecule has 1 heterocycles. The Morgan fingerprint density at radius 1 is 1.15 bits per heavy atom. The van der Waals surface area contributed by atoms with Gasteiger partial charge in [0.1, 0.15) is 5.69 Å². The first-order valence-corrected chi connectivity index (χ1v) is 10.1. The average Bonchev–Trinajstić information content (AvgIpc) is 2.70. The van der Waals surface area contributed by atoms with E-state index >= 15 is 0 Å². The van der Waals surface area contributed by atoms with Crippen LogP contribution in [0.15, 0.2) is 41.2 Å². The van der Waals surface area contributed by atoms with Gasteiger partial charge in [-0.3, -0.25) is 9.59 Å². The molecule has 0 saturated carbocycles. The molecule has 1 atom stereocenters. The molecule has 5 heteroatoms. The molecule has 144 valence electrons. The molecule has 0 saturated heterocycles. The summed E-state index contributed by atoms with van der Waals surface area (Å²) in [6.45, 7) is 5.43. The Balaban J connectivity index is 1.83. The van der Waals surface area contributed by atoms with E-state index in [0.717, 1.165) is 38.5 Å². The van der Waals surface area contributed by atoms with Crippen molar-refractivity contribution >= 4 is 5.91 Å². The summed E-state index contributed by atoms with van der Waals surface area (Å²) in [6, 6.07) is 11.7. The van der Waals surface area contributed by atoms with Crippen LogP contribution in [0.25, 0.3) is 0 Å². The average molecular weight is 367 g/mol. The number of aryl methyl sites for hydroxylation is 2. The number of carbonyl (C=O) groups excluding carboxylic acids is 1. The summed E-state index contributed by atoms with van der Waals surface area (Å²) in [5, 5.41) is 4.36. The summed E-state index contributed by atoms with van der Waals surface area (Å²) >= 11 is 0. The number of aromatic nitrogens is 2. The van der Waals surface area contributed by atoms with Crippen LogP contribution >= 0.6 is 0 Å². The number of fused-ring (bicyclic) bond motifs is 1. The molecule has 0 spiro atoms. The summed E-state index contributed by atoms with van der Waals surface area (Å²) in [5.74, 6) is -0.0634. The van der Waals surface area contributed by atoms with Gasteiger partial charge in [-0.15, -0.1) is 0 Å². The largest absolute Gasteiger partial charge is 0.334 e. The topological polar surface area (TPSA) is 55.2 Å². The van der Waals surface area contributed by atoms with Gasteiger partial charge in [-0.2, -0.15) is 5.10 Å². The molecule has 1 aromatic carbocycles. The van der Waals surface area contributed by atoms with Crippen LogP contribution < -0.4 is 5.56 Å². The molecule has 0 N–H and O–H groups in total. The van der Waals surface area contributed by atoms with Crippen LogP contribution in [0.1, 0.15) is 61.1 Å². The van der Waals surface area contributed by atoms with E-state index in [1.165, 1.54) is 21.9 Å². The third-order valence-electron chi connectivity index (χ3n) is 5.30. The van der Waals surface area contributed by atoms with Gasteiger partial charge in [0.25, 0.3) is 11.5 Å². The Labute approximate surface area is 161 Å². The third-order valence-corrected chi connectivity index (χ3v) is 5.30. The van der Waals surface area contributed by atoms with Crippen LogP contribution in [-0.4, -0.2) is 33.2 Å². The fraction of sp³-hybridized carbons (Fsp3) is 0.500. The Bertz CT molecular complexity index is 843. The highest BCUT2D eigenvalue weighted by molar-refractivity contribution is 5.92. The minimum absolute atomic E-state index is 0.0634. The maximum atomic E-state index is 13.2. The third kappa shape index (κ3) is 4.46. The molecule has 5 nitrogen and oxygen atoms in total. The van der Waals surface area contributed by atoms with Crippen molar-refractivity contribution in [2.45, 2.75) is 65.0 Å². The molecule has 1 aliphatic carbocycles. The molecule has 0 fully saturated rings. The molecule has 2 aromatic rings. The zero-order chi connectivity index (χ0) is 19.2. The predicted molar refractivity (Wildman–Crippen MR) is 107 cm³/mol. The van der Waals surface area contributed by atoms with Gasteiger partial charge in [-0.25, -0.2) is 4.68 Å². The SMILES string of the molecule is CCCCn1nc(C(=O)N(CCC)C2CCc3ccccc3C2)ccc1=O. The van der Waals surface area contributed by atoms with E-state index in [2.05, 4.69) is 43.2 Å². The zero-order valence-corrected chi connectivity index (χ0v) is 16.4. The van der Waals surface area contributed by atoms with Gasteiger partial charge in [0.15, 0.2) is 0 Å². The number of hydrogen-bond acceptors (Lipinski definition) is 3. The van der Waals surface area contributed by atoms with Crippen LogP contribution in [0.5, 0.6) is 0 Å². The molecular formula is C22H29N3O2. The second-order valence-corrected chi connectivity index (χ2v) is 7.30. The zero-order valence-electron chi connectivity index (χ0n) is 16.4. The molecule has 0 radical (unpaired) electrons. The fourth-order valence-electron chi connectivity index (χ4n) is 3.81. The molecule has 0 aliphatic heterocycles. The molecular weight excluding hydrogens is 338 g/mol. The minimum atomic E-state index is -0.145. The first kappa shape index (κ1) is 19.3. The highest BCUT2D eigenvalue weighted by Crippen LogP contribution is 2.25. The van der Waals surface area contributed by atoms with E-state index in [0.29, 0.717) is 18.8 Å². The van der Waals surface area contributed by atoms with E-state index < -0.39 is 0 Å². The number of nitrogens with zero attached hydrogens (tertiary/aromatic N) is 3. The first-order valence-electron chi connectivity index (χ1n) is 10.1. The molecule has 1 unspecified atom stereocenters. The number of rotatable bonds is 7. The molecule has 1 aliphatic rings. The van der Waals surface area contributed by atoms with Crippen LogP contribution in [-0.2, 0) is 19.4 Å². The molecule has 1 amide bonds. The van der Waals surface area contributed by atoms with Crippen molar-refractivity contribution in [2.24, 2.45) is 0 Å². The summed E-state index contributed by atoms with van der Waals surface area (Å²) in [5.41, 5.74) is 2.96. The lowest BCUT2D eigenvalue weighted by Gasteiger charge is -2.35. The molecule has 3 rings (SSSR count). The van der Waals surface area contributed by atoms with E-state index in [4.69, 9.17) is 0 Å². The lowest BCUT2D eigenvalue weighted by atomic mass is 9.87. The second kappa shape index (κ2) is 8.98. The Morgan fingerprint density at radius 3 is 2.67 bits per heavy atom. The molecule has 1 aromatic heterocycles. The number of amides is 1. The van der Waals surface area contributed by atoms with Crippen molar-refractivity contribution in [3.05, 3.63) is 63.6 Å². The monoisotopic (exact) mass is 367 g/mol. The number of carbonyl (C=O) groups is 1. The summed E-state index contributed by atoms with van der Waals surface area (Å²) < 4.78 is 1.43. The highest BCUT2D eigenvalue weighted by Gasteiger charge is 2.28. The summed E-state index contributed by atoms with van der Waals surface area (Å²) in [7, 11) is 0. The standard InChI is InChI=1S/C22H29N3O2/c1-3-5-15-25-21(26)13-12-20(23-25)22(27)24(14-4-2)19-11-10-17-8-6-7-9-18(17)16-19/h6-9,12-13,19H,3-5,10-11,14-16H2,1-2H3. The molecule has 27 heavy (non-hydrogen) atoms. The van der Waals surface area contributed by atoms with Crippen molar-refractivity contribution in [1.29, 1.82) is 0 Å². The Kier molecular flexibility index (Phi) is 6.43. The smallest absolute Gasteiger partial charge is 0.274 e. The van der Waals surface area contributed by atoms with E-state index in [1.807, 2.05) is 4.90 Å². The molecule has 0 bridgehead atoms. The lowest BCUT2D eigenvalue weighted by Crippen LogP contribution is -2.44. The van der Waals surface area contributed by atoms with Crippen molar-refractivity contribution in [2.75, 3.05) is 6.54 Å².